The standard InChI is InChI=1S/C13H16N2O2/c1-10(14)7-12-8-13(15-17-12)16-9-11-5-3-2-4-6-11/h2-6,8,10H,7,9,14H2,1H3/t10-/m0/s1. The molecule has 4 heteroatoms. The number of nitrogens with zero attached hydrogens (tertiary/aromatic N) is 1. The molecule has 4 nitrogen and oxygen atoms in total. The number of benzene rings is 1. The summed E-state index contributed by atoms with van der Waals surface area (Å²) in [5.41, 5.74) is 6.77. The van der Waals surface area contributed by atoms with E-state index in [9.17, 15) is 0 Å². The fourth-order valence-electron chi connectivity index (χ4n) is 1.51. The summed E-state index contributed by atoms with van der Waals surface area (Å²) in [5.74, 6) is 1.26. The topological polar surface area (TPSA) is 61.3 Å². The largest absolute Gasteiger partial charge is 0.471 e. The van der Waals surface area contributed by atoms with Gasteiger partial charge < -0.3 is 15.0 Å². The minimum absolute atomic E-state index is 0.0601. The van der Waals surface area contributed by atoms with Crippen molar-refractivity contribution in [3.8, 4) is 5.88 Å². The molecule has 1 atom stereocenters. The summed E-state index contributed by atoms with van der Waals surface area (Å²) in [6, 6.07) is 11.8. The van der Waals surface area contributed by atoms with Gasteiger partial charge in [0.15, 0.2) is 0 Å². The monoisotopic (exact) mass is 232 g/mol. The van der Waals surface area contributed by atoms with Gasteiger partial charge in [0, 0.05) is 18.5 Å². The quantitative estimate of drug-likeness (QED) is 0.858. The van der Waals surface area contributed by atoms with E-state index < -0.39 is 0 Å². The average molecular weight is 232 g/mol. The Labute approximate surface area is 100 Å². The van der Waals surface area contributed by atoms with E-state index in [-0.39, 0.29) is 6.04 Å². The highest BCUT2D eigenvalue weighted by Crippen LogP contribution is 2.14. The van der Waals surface area contributed by atoms with Crippen molar-refractivity contribution in [3.63, 3.8) is 0 Å². The fourth-order valence-corrected chi connectivity index (χ4v) is 1.51. The van der Waals surface area contributed by atoms with Crippen LogP contribution in [-0.2, 0) is 13.0 Å². The molecule has 0 saturated carbocycles. The van der Waals surface area contributed by atoms with Crippen LogP contribution in [0.1, 0.15) is 18.2 Å². The Hall–Kier alpha value is -1.81. The van der Waals surface area contributed by atoms with E-state index >= 15 is 0 Å². The zero-order valence-corrected chi connectivity index (χ0v) is 9.80. The number of nitrogens with two attached hydrogens (primary N) is 1. The second-order valence-electron chi connectivity index (χ2n) is 4.09. The summed E-state index contributed by atoms with van der Waals surface area (Å²) < 4.78 is 10.6. The van der Waals surface area contributed by atoms with Crippen molar-refractivity contribution in [1.82, 2.24) is 5.16 Å². The highest BCUT2D eigenvalue weighted by Gasteiger charge is 2.07. The van der Waals surface area contributed by atoms with Crippen molar-refractivity contribution in [1.29, 1.82) is 0 Å². The average Bonchev–Trinajstić information content (AvgIpc) is 2.75. The van der Waals surface area contributed by atoms with Crippen molar-refractivity contribution < 1.29 is 9.26 Å². The van der Waals surface area contributed by atoms with Gasteiger partial charge in [-0.3, -0.25) is 0 Å². The zero-order chi connectivity index (χ0) is 12.1. The molecule has 17 heavy (non-hydrogen) atoms. The van der Waals surface area contributed by atoms with Crippen LogP contribution in [0, 0.1) is 0 Å². The molecule has 0 aliphatic heterocycles. The Morgan fingerprint density at radius 2 is 2.12 bits per heavy atom. The van der Waals surface area contributed by atoms with Crippen LogP contribution in [0.15, 0.2) is 40.9 Å². The van der Waals surface area contributed by atoms with Crippen LogP contribution in [0.25, 0.3) is 0 Å². The molecule has 2 N–H and O–H groups in total. The third-order valence-corrected chi connectivity index (χ3v) is 2.29. The number of aromatic nitrogens is 1. The van der Waals surface area contributed by atoms with E-state index in [4.69, 9.17) is 15.0 Å². The van der Waals surface area contributed by atoms with Crippen LogP contribution in [-0.4, -0.2) is 11.2 Å². The molecule has 90 valence electrons. The molecule has 0 spiro atoms. The lowest BCUT2D eigenvalue weighted by Crippen LogP contribution is -2.17. The first-order valence-electron chi connectivity index (χ1n) is 5.62. The predicted molar refractivity (Wildman–Crippen MR) is 64.6 cm³/mol. The third kappa shape index (κ3) is 3.60. The summed E-state index contributed by atoms with van der Waals surface area (Å²) >= 11 is 0. The molecule has 0 fully saturated rings. The lowest BCUT2D eigenvalue weighted by atomic mass is 10.2. The van der Waals surface area contributed by atoms with E-state index in [2.05, 4.69) is 5.16 Å². The first kappa shape index (κ1) is 11.7. The predicted octanol–water partition coefficient (Wildman–Crippen LogP) is 2.14. The maximum atomic E-state index is 5.67. The summed E-state index contributed by atoms with van der Waals surface area (Å²) in [5, 5.41) is 3.83. The summed E-state index contributed by atoms with van der Waals surface area (Å²) in [4.78, 5) is 0. The first-order chi connectivity index (χ1) is 8.24. The van der Waals surface area contributed by atoms with Gasteiger partial charge in [0.2, 0.25) is 0 Å². The first-order valence-corrected chi connectivity index (χ1v) is 5.62. The molecule has 0 unspecified atom stereocenters. The summed E-state index contributed by atoms with van der Waals surface area (Å²) in [7, 11) is 0. The molecule has 0 bridgehead atoms. The van der Waals surface area contributed by atoms with Crippen molar-refractivity contribution >= 4 is 0 Å². The number of hydrogen-bond donors (Lipinski definition) is 1. The van der Waals surface area contributed by atoms with Gasteiger partial charge >= 0.3 is 0 Å². The molecule has 1 heterocycles. The number of hydrogen-bond acceptors (Lipinski definition) is 4. The van der Waals surface area contributed by atoms with Crippen LogP contribution >= 0.6 is 0 Å². The molecule has 2 aromatic rings. The van der Waals surface area contributed by atoms with Crippen molar-refractivity contribution in [2.45, 2.75) is 26.0 Å². The molecule has 0 aliphatic rings. The van der Waals surface area contributed by atoms with Gasteiger partial charge in [0.25, 0.3) is 5.88 Å². The van der Waals surface area contributed by atoms with Crippen LogP contribution in [0.5, 0.6) is 5.88 Å². The molecule has 0 aliphatic carbocycles. The summed E-state index contributed by atoms with van der Waals surface area (Å²) in [6.45, 7) is 2.41. The lowest BCUT2D eigenvalue weighted by Gasteiger charge is -2.01. The van der Waals surface area contributed by atoms with Crippen LogP contribution in [0.3, 0.4) is 0 Å². The van der Waals surface area contributed by atoms with Gasteiger partial charge in [0.05, 0.1) is 0 Å². The smallest absolute Gasteiger partial charge is 0.254 e. The van der Waals surface area contributed by atoms with E-state index in [1.165, 1.54) is 0 Å². The van der Waals surface area contributed by atoms with Gasteiger partial charge in [-0.15, -0.1) is 0 Å². The van der Waals surface area contributed by atoms with E-state index in [0.717, 1.165) is 11.3 Å². The molecule has 0 radical (unpaired) electrons. The Bertz CT molecular complexity index is 451. The fraction of sp³-hybridized carbons (Fsp3) is 0.308. The maximum Gasteiger partial charge on any atom is 0.254 e. The Kier molecular flexibility index (Phi) is 3.77. The second-order valence-corrected chi connectivity index (χ2v) is 4.09. The van der Waals surface area contributed by atoms with Gasteiger partial charge in [-0.25, -0.2) is 0 Å². The van der Waals surface area contributed by atoms with Crippen molar-refractivity contribution in [3.05, 3.63) is 47.7 Å². The van der Waals surface area contributed by atoms with E-state index in [0.29, 0.717) is 18.9 Å². The zero-order valence-electron chi connectivity index (χ0n) is 9.80. The maximum absolute atomic E-state index is 5.67. The molecule has 0 saturated heterocycles. The van der Waals surface area contributed by atoms with Crippen LogP contribution in [0.4, 0.5) is 0 Å². The highest BCUT2D eigenvalue weighted by atomic mass is 16.5. The number of rotatable bonds is 5. The Morgan fingerprint density at radius 1 is 1.35 bits per heavy atom. The molecule has 0 amide bonds. The van der Waals surface area contributed by atoms with E-state index in [1.807, 2.05) is 37.3 Å². The minimum atomic E-state index is 0.0601. The van der Waals surface area contributed by atoms with Crippen LogP contribution < -0.4 is 10.5 Å². The molecular weight excluding hydrogens is 216 g/mol. The highest BCUT2D eigenvalue weighted by molar-refractivity contribution is 5.16. The van der Waals surface area contributed by atoms with Crippen molar-refractivity contribution in [2.75, 3.05) is 0 Å². The van der Waals surface area contributed by atoms with Gasteiger partial charge in [0.1, 0.15) is 12.4 Å². The van der Waals surface area contributed by atoms with Gasteiger partial charge in [-0.1, -0.05) is 30.3 Å². The molecule has 1 aromatic carbocycles. The SMILES string of the molecule is C[C@H](N)Cc1cc(OCc2ccccc2)no1. The summed E-state index contributed by atoms with van der Waals surface area (Å²) in [6.07, 6.45) is 0.668. The molecular formula is C13H16N2O2. The van der Waals surface area contributed by atoms with E-state index in [1.54, 1.807) is 6.07 Å². The molecule has 1 aromatic heterocycles. The normalized spacial score (nSPS) is 12.4. The Morgan fingerprint density at radius 3 is 2.82 bits per heavy atom. The van der Waals surface area contributed by atoms with Crippen LogP contribution in [0.2, 0.25) is 0 Å². The van der Waals surface area contributed by atoms with Gasteiger partial charge in [-0.05, 0) is 17.6 Å². The second kappa shape index (κ2) is 5.50. The Balaban J connectivity index is 1.89. The minimum Gasteiger partial charge on any atom is -0.471 e. The van der Waals surface area contributed by atoms with Gasteiger partial charge in [-0.2, -0.15) is 0 Å². The molecule has 2 rings (SSSR count). The van der Waals surface area contributed by atoms with Crippen molar-refractivity contribution in [2.24, 2.45) is 5.73 Å². The lowest BCUT2D eigenvalue weighted by molar-refractivity contribution is 0.265. The number of ether oxygens (including phenoxy) is 1. The third-order valence-electron chi connectivity index (χ3n) is 2.29.